The van der Waals surface area contributed by atoms with Crippen molar-refractivity contribution in [3.8, 4) is 55.6 Å². The summed E-state index contributed by atoms with van der Waals surface area (Å²) in [5.74, 6) is 3.20. The molecule has 6 aliphatic carbocycles. The van der Waals surface area contributed by atoms with Gasteiger partial charge in [0.2, 0.25) is 0 Å². The fourth-order valence-electron chi connectivity index (χ4n) is 16.1. The summed E-state index contributed by atoms with van der Waals surface area (Å²) in [6.45, 7) is 4.79. The van der Waals surface area contributed by atoms with E-state index in [4.69, 9.17) is 0 Å². The van der Waals surface area contributed by atoms with Crippen LogP contribution in [0.4, 0.5) is 17.1 Å². The molecule has 0 saturated heterocycles. The van der Waals surface area contributed by atoms with Crippen LogP contribution in [0.1, 0.15) is 68.2 Å². The van der Waals surface area contributed by atoms with Gasteiger partial charge in [-0.25, -0.2) is 0 Å². The van der Waals surface area contributed by atoms with E-state index in [1.807, 2.05) is 11.3 Å². The molecule has 11 aromatic rings. The molecule has 10 aromatic carbocycles. The summed E-state index contributed by atoms with van der Waals surface area (Å²) in [7, 11) is 0. The van der Waals surface area contributed by atoms with Crippen molar-refractivity contribution in [2.24, 2.45) is 23.7 Å². The van der Waals surface area contributed by atoms with E-state index < -0.39 is 0 Å². The second-order valence-corrected chi connectivity index (χ2v) is 23.8. The zero-order chi connectivity index (χ0) is 48.2. The van der Waals surface area contributed by atoms with Crippen molar-refractivity contribution in [1.29, 1.82) is 0 Å². The highest BCUT2D eigenvalue weighted by Crippen LogP contribution is 2.70. The van der Waals surface area contributed by atoms with Crippen LogP contribution in [0.2, 0.25) is 0 Å². The zero-order valence-electron chi connectivity index (χ0n) is 41.4. The average molecular weight is 954 g/mol. The number of anilines is 3. The van der Waals surface area contributed by atoms with Gasteiger partial charge in [-0.1, -0.05) is 184 Å². The van der Waals surface area contributed by atoms with Gasteiger partial charge in [-0.15, -0.1) is 11.3 Å². The molecule has 2 heteroatoms. The van der Waals surface area contributed by atoms with Crippen molar-refractivity contribution in [3.63, 3.8) is 0 Å². The van der Waals surface area contributed by atoms with Gasteiger partial charge in [-0.05, 0) is 187 Å². The minimum absolute atomic E-state index is 0.0827. The summed E-state index contributed by atoms with van der Waals surface area (Å²) in [6.07, 6.45) is 6.95. The van der Waals surface area contributed by atoms with Gasteiger partial charge >= 0.3 is 0 Å². The first-order valence-electron chi connectivity index (χ1n) is 26.8. The molecule has 1 aromatic heterocycles. The van der Waals surface area contributed by atoms with E-state index in [2.05, 4.69) is 231 Å². The van der Waals surface area contributed by atoms with Crippen LogP contribution in [0.3, 0.4) is 0 Å². The summed E-state index contributed by atoms with van der Waals surface area (Å²) in [4.78, 5) is 2.54. The van der Waals surface area contributed by atoms with Crippen LogP contribution in [-0.2, 0) is 10.8 Å². The standard InChI is InChI=1S/C71H55NS/c1-70(2)63-22-9-7-18-58(63)61-21-11-20-60(68(61)70)56-16-6-5-14-53(56)46-25-30-50(31-26-46)72(51-32-27-47(28-33-51)54-19-12-24-66-67(54)62-35-29-45-13-3-4-15-55(45)69(62)73-66)52-34-36-59-57-17-8-10-23-64(57)71(65(59)42-52)48-38-43-37-44(40-48)41-49(71)39-43/h3-36,42-44,48-49H,37-41H2,1-2H3. The zero-order valence-corrected chi connectivity index (χ0v) is 42.2. The van der Waals surface area contributed by atoms with Crippen molar-refractivity contribution in [2.75, 3.05) is 4.90 Å². The van der Waals surface area contributed by atoms with Crippen molar-refractivity contribution in [1.82, 2.24) is 0 Å². The van der Waals surface area contributed by atoms with Gasteiger partial charge in [-0.2, -0.15) is 0 Å². The lowest BCUT2D eigenvalue weighted by atomic mass is 9.43. The Morgan fingerprint density at radius 3 is 1.66 bits per heavy atom. The largest absolute Gasteiger partial charge is 0.310 e. The van der Waals surface area contributed by atoms with Gasteiger partial charge in [0.25, 0.3) is 0 Å². The van der Waals surface area contributed by atoms with Crippen LogP contribution in [0.25, 0.3) is 86.6 Å². The van der Waals surface area contributed by atoms with Crippen LogP contribution in [0, 0.1) is 23.7 Å². The van der Waals surface area contributed by atoms with E-state index >= 15 is 0 Å². The van der Waals surface area contributed by atoms with Crippen molar-refractivity contribution in [2.45, 2.75) is 56.8 Å². The molecule has 17 rings (SSSR count). The molecule has 0 aliphatic heterocycles. The molecule has 73 heavy (non-hydrogen) atoms. The topological polar surface area (TPSA) is 3.24 Å². The monoisotopic (exact) mass is 953 g/mol. The highest BCUT2D eigenvalue weighted by Gasteiger charge is 2.61. The van der Waals surface area contributed by atoms with Gasteiger partial charge in [0.15, 0.2) is 0 Å². The summed E-state index contributed by atoms with van der Waals surface area (Å²) < 4.78 is 2.70. The van der Waals surface area contributed by atoms with Crippen molar-refractivity contribution < 1.29 is 0 Å². The van der Waals surface area contributed by atoms with Gasteiger partial charge in [0.05, 0.1) is 0 Å². The lowest BCUT2D eigenvalue weighted by molar-refractivity contribution is -0.0399. The Hall–Kier alpha value is -7.52. The lowest BCUT2D eigenvalue weighted by Gasteiger charge is -2.61. The van der Waals surface area contributed by atoms with E-state index in [1.165, 1.54) is 147 Å². The van der Waals surface area contributed by atoms with Crippen molar-refractivity contribution in [3.05, 3.63) is 235 Å². The summed E-state index contributed by atoms with van der Waals surface area (Å²) in [5, 5.41) is 5.31. The smallest absolute Gasteiger partial charge is 0.0465 e. The number of hydrogen-bond acceptors (Lipinski definition) is 2. The third kappa shape index (κ3) is 5.90. The Bertz CT molecular complexity index is 4050. The first-order chi connectivity index (χ1) is 35.9. The lowest BCUT2D eigenvalue weighted by Crippen LogP contribution is -2.55. The second-order valence-electron chi connectivity index (χ2n) is 22.8. The quantitative estimate of drug-likeness (QED) is 0.161. The Kier molecular flexibility index (Phi) is 8.92. The first kappa shape index (κ1) is 42.0. The maximum Gasteiger partial charge on any atom is 0.0465 e. The third-order valence-electron chi connectivity index (χ3n) is 18.9. The minimum atomic E-state index is -0.110. The normalized spacial score (nSPS) is 21.5. The third-order valence-corrected chi connectivity index (χ3v) is 20.1. The fourth-order valence-corrected chi connectivity index (χ4v) is 17.4. The molecule has 1 heterocycles. The maximum absolute atomic E-state index is 2.65. The SMILES string of the molecule is CC1(C)c2ccccc2-c2cccc(-c3ccccc3-c3ccc(N(c4ccc(-c5cccc6sc7c8ccccc8ccc7c56)cc4)c4ccc5c(c4)C4(c6ccccc6-5)C5CC6CC(C5)CC4C6)cc3)c21. The molecule has 1 nitrogen and oxygen atoms in total. The van der Waals surface area contributed by atoms with Gasteiger partial charge < -0.3 is 4.90 Å². The van der Waals surface area contributed by atoms with E-state index in [0.29, 0.717) is 11.8 Å². The molecule has 0 N–H and O–H groups in total. The molecule has 4 fully saturated rings. The minimum Gasteiger partial charge on any atom is -0.310 e. The molecule has 4 saturated carbocycles. The maximum atomic E-state index is 2.65. The van der Waals surface area contributed by atoms with Gasteiger partial charge in [-0.3, -0.25) is 0 Å². The average Bonchev–Trinajstić information content (AvgIpc) is 4.11. The summed E-state index contributed by atoms with van der Waals surface area (Å²) >= 11 is 1.92. The fraction of sp³-hybridized carbons (Fsp3) is 0.183. The van der Waals surface area contributed by atoms with E-state index in [0.717, 1.165) is 11.8 Å². The first-order valence-corrected chi connectivity index (χ1v) is 27.6. The second kappa shape index (κ2) is 15.5. The number of benzene rings is 10. The molecule has 0 unspecified atom stereocenters. The van der Waals surface area contributed by atoms with Crippen LogP contribution >= 0.6 is 11.3 Å². The van der Waals surface area contributed by atoms with Crippen LogP contribution in [-0.4, -0.2) is 0 Å². The van der Waals surface area contributed by atoms with Gasteiger partial charge in [0.1, 0.15) is 0 Å². The summed E-state index contributed by atoms with van der Waals surface area (Å²) in [5.41, 5.74) is 22.8. The van der Waals surface area contributed by atoms with Crippen molar-refractivity contribution >= 4 is 59.3 Å². The highest BCUT2D eigenvalue weighted by molar-refractivity contribution is 7.26. The number of nitrogens with zero attached hydrogens (tertiary/aromatic N) is 1. The molecule has 6 aliphatic rings. The molecule has 0 amide bonds. The summed E-state index contributed by atoms with van der Waals surface area (Å²) in [6, 6.07) is 81.3. The van der Waals surface area contributed by atoms with Crippen LogP contribution in [0.15, 0.2) is 212 Å². The van der Waals surface area contributed by atoms with Crippen LogP contribution in [0.5, 0.6) is 0 Å². The molecule has 350 valence electrons. The van der Waals surface area contributed by atoms with E-state index in [9.17, 15) is 0 Å². The highest BCUT2D eigenvalue weighted by atomic mass is 32.1. The Labute approximate surface area is 432 Å². The Morgan fingerprint density at radius 1 is 0.397 bits per heavy atom. The molecule has 0 atom stereocenters. The Balaban J connectivity index is 0.839. The predicted molar refractivity (Wildman–Crippen MR) is 309 cm³/mol. The van der Waals surface area contributed by atoms with Gasteiger partial charge in [0, 0.05) is 48.1 Å². The van der Waals surface area contributed by atoms with E-state index in [1.54, 1.807) is 11.1 Å². The molecule has 0 radical (unpaired) electrons. The van der Waals surface area contributed by atoms with E-state index in [-0.39, 0.29) is 10.8 Å². The number of thiophene rings is 1. The van der Waals surface area contributed by atoms with Crippen LogP contribution < -0.4 is 4.90 Å². The molecule has 4 bridgehead atoms. The molecule has 1 spiro atoms. The number of fused-ring (bicyclic) bond motifs is 11. The number of rotatable bonds is 6. The predicted octanol–water partition coefficient (Wildman–Crippen LogP) is 19.7. The number of hydrogen-bond donors (Lipinski definition) is 0. The Morgan fingerprint density at radius 2 is 0.932 bits per heavy atom. The molecular weight excluding hydrogens is 899 g/mol. The molecular formula is C71H55NS.